The molecule has 0 fully saturated rings. The molecule has 0 aliphatic carbocycles. The van der Waals surface area contributed by atoms with Crippen LogP contribution in [0.4, 0.5) is 5.69 Å². The van der Waals surface area contributed by atoms with Crippen molar-refractivity contribution in [2.45, 2.75) is 26.2 Å². The van der Waals surface area contributed by atoms with Crippen molar-refractivity contribution in [2.75, 3.05) is 11.9 Å². The standard InChI is InChI=1S/C20H21N3O3/c1-2-3-11-26-20(25)15-7-6-8-16(12-15)22-19(24)13-17-14-23-10-5-4-9-18(23)21-17/h4-10,12,14H,2-3,11,13H2,1H3,(H,22,24). The molecule has 0 atom stereocenters. The molecule has 0 saturated carbocycles. The van der Waals surface area contributed by atoms with Gasteiger partial charge in [0.15, 0.2) is 0 Å². The van der Waals surface area contributed by atoms with E-state index in [4.69, 9.17) is 4.74 Å². The SMILES string of the molecule is CCCCOC(=O)c1cccc(NC(=O)Cc2cn3ccccc3n2)c1. The Kier molecular flexibility index (Phi) is 5.63. The molecule has 26 heavy (non-hydrogen) atoms. The summed E-state index contributed by atoms with van der Waals surface area (Å²) in [5.41, 5.74) is 2.46. The Bertz CT molecular complexity index is 884. The number of esters is 1. The Morgan fingerprint density at radius 3 is 2.88 bits per heavy atom. The summed E-state index contributed by atoms with van der Waals surface area (Å²) in [5, 5.41) is 2.80. The van der Waals surface area contributed by atoms with Crippen molar-refractivity contribution in [2.24, 2.45) is 0 Å². The van der Waals surface area contributed by atoms with Gasteiger partial charge in [-0.2, -0.15) is 0 Å². The molecule has 6 heteroatoms. The molecule has 2 aromatic heterocycles. The first-order valence-electron chi connectivity index (χ1n) is 8.65. The number of fused-ring (bicyclic) bond motifs is 1. The summed E-state index contributed by atoms with van der Waals surface area (Å²) in [5.74, 6) is -0.570. The summed E-state index contributed by atoms with van der Waals surface area (Å²) >= 11 is 0. The van der Waals surface area contributed by atoms with E-state index < -0.39 is 0 Å². The first kappa shape index (κ1) is 17.7. The van der Waals surface area contributed by atoms with Gasteiger partial charge in [-0.25, -0.2) is 9.78 Å². The molecule has 1 aromatic carbocycles. The van der Waals surface area contributed by atoms with Crippen LogP contribution in [0.1, 0.15) is 35.8 Å². The van der Waals surface area contributed by atoms with Crippen molar-refractivity contribution in [3.05, 3.63) is 66.1 Å². The zero-order chi connectivity index (χ0) is 18.4. The zero-order valence-electron chi connectivity index (χ0n) is 14.6. The smallest absolute Gasteiger partial charge is 0.338 e. The second-order valence-electron chi connectivity index (χ2n) is 5.99. The predicted molar refractivity (Wildman–Crippen MR) is 99.2 cm³/mol. The number of imidazole rings is 1. The largest absolute Gasteiger partial charge is 0.462 e. The molecule has 1 amide bonds. The normalized spacial score (nSPS) is 10.7. The number of unbranched alkanes of at least 4 members (excludes halogenated alkanes) is 1. The molecule has 0 radical (unpaired) electrons. The van der Waals surface area contributed by atoms with E-state index in [1.54, 1.807) is 24.3 Å². The molecule has 3 aromatic rings. The average Bonchev–Trinajstić information content (AvgIpc) is 3.04. The number of pyridine rings is 1. The number of anilines is 1. The van der Waals surface area contributed by atoms with Crippen LogP contribution in [-0.2, 0) is 16.0 Å². The van der Waals surface area contributed by atoms with Gasteiger partial charge in [-0.15, -0.1) is 0 Å². The van der Waals surface area contributed by atoms with Gasteiger partial charge in [0.05, 0.1) is 24.3 Å². The molecular formula is C20H21N3O3. The Morgan fingerprint density at radius 2 is 2.08 bits per heavy atom. The van der Waals surface area contributed by atoms with Crippen LogP contribution in [0, 0.1) is 0 Å². The second-order valence-corrected chi connectivity index (χ2v) is 5.99. The number of nitrogens with one attached hydrogen (secondary N) is 1. The van der Waals surface area contributed by atoms with Crippen molar-refractivity contribution >= 4 is 23.2 Å². The summed E-state index contributed by atoms with van der Waals surface area (Å²) in [7, 11) is 0. The summed E-state index contributed by atoms with van der Waals surface area (Å²) in [6, 6.07) is 12.4. The molecule has 0 unspecified atom stereocenters. The van der Waals surface area contributed by atoms with Crippen molar-refractivity contribution < 1.29 is 14.3 Å². The van der Waals surface area contributed by atoms with E-state index in [2.05, 4.69) is 10.3 Å². The van der Waals surface area contributed by atoms with Gasteiger partial charge in [0.1, 0.15) is 5.65 Å². The molecule has 0 saturated heterocycles. The average molecular weight is 351 g/mol. The monoisotopic (exact) mass is 351 g/mol. The molecule has 6 nitrogen and oxygen atoms in total. The van der Waals surface area contributed by atoms with E-state index in [1.807, 2.05) is 41.9 Å². The van der Waals surface area contributed by atoms with E-state index >= 15 is 0 Å². The lowest BCUT2D eigenvalue weighted by Gasteiger charge is -2.07. The highest BCUT2D eigenvalue weighted by Gasteiger charge is 2.11. The zero-order valence-corrected chi connectivity index (χ0v) is 14.6. The van der Waals surface area contributed by atoms with Gasteiger partial charge in [0.2, 0.25) is 5.91 Å². The third-order valence-electron chi connectivity index (χ3n) is 3.87. The van der Waals surface area contributed by atoms with Gasteiger partial charge in [0, 0.05) is 18.1 Å². The van der Waals surface area contributed by atoms with Crippen molar-refractivity contribution in [3.8, 4) is 0 Å². The highest BCUT2D eigenvalue weighted by Crippen LogP contribution is 2.13. The molecule has 0 spiro atoms. The van der Waals surface area contributed by atoms with E-state index in [-0.39, 0.29) is 18.3 Å². The molecule has 1 N–H and O–H groups in total. The lowest BCUT2D eigenvalue weighted by Crippen LogP contribution is -2.15. The summed E-state index contributed by atoms with van der Waals surface area (Å²) in [4.78, 5) is 28.7. The van der Waals surface area contributed by atoms with E-state index in [0.717, 1.165) is 18.5 Å². The maximum Gasteiger partial charge on any atom is 0.338 e. The highest BCUT2D eigenvalue weighted by atomic mass is 16.5. The van der Waals surface area contributed by atoms with E-state index in [0.29, 0.717) is 23.6 Å². The van der Waals surface area contributed by atoms with Crippen LogP contribution in [0.5, 0.6) is 0 Å². The van der Waals surface area contributed by atoms with Gasteiger partial charge in [-0.3, -0.25) is 4.79 Å². The number of ether oxygens (including phenoxy) is 1. The van der Waals surface area contributed by atoms with Crippen LogP contribution < -0.4 is 5.32 Å². The van der Waals surface area contributed by atoms with Gasteiger partial charge < -0.3 is 14.5 Å². The lowest BCUT2D eigenvalue weighted by molar-refractivity contribution is -0.115. The van der Waals surface area contributed by atoms with Gasteiger partial charge in [-0.05, 0) is 36.8 Å². The summed E-state index contributed by atoms with van der Waals surface area (Å²) < 4.78 is 7.06. The summed E-state index contributed by atoms with van der Waals surface area (Å²) in [6.07, 6.45) is 5.67. The minimum absolute atomic E-state index is 0.160. The Morgan fingerprint density at radius 1 is 1.19 bits per heavy atom. The number of nitrogens with zero attached hydrogens (tertiary/aromatic N) is 2. The minimum atomic E-state index is -0.380. The Hall–Kier alpha value is -3.15. The second kappa shape index (κ2) is 8.29. The fourth-order valence-corrected chi connectivity index (χ4v) is 2.56. The van der Waals surface area contributed by atoms with Crippen LogP contribution in [-0.4, -0.2) is 27.9 Å². The number of rotatable bonds is 7. The number of aromatic nitrogens is 2. The molecule has 2 heterocycles. The molecule has 134 valence electrons. The lowest BCUT2D eigenvalue weighted by atomic mass is 10.2. The maximum atomic E-state index is 12.3. The first-order chi connectivity index (χ1) is 12.7. The molecule has 0 aliphatic heterocycles. The molecule has 0 bridgehead atoms. The van der Waals surface area contributed by atoms with Crippen LogP contribution in [0.25, 0.3) is 5.65 Å². The van der Waals surface area contributed by atoms with Crippen LogP contribution in [0.2, 0.25) is 0 Å². The Balaban J connectivity index is 1.61. The third-order valence-corrected chi connectivity index (χ3v) is 3.87. The number of carbonyl (C=O) groups is 2. The predicted octanol–water partition coefficient (Wildman–Crippen LogP) is 3.47. The van der Waals surface area contributed by atoms with Crippen LogP contribution in [0.15, 0.2) is 54.9 Å². The summed E-state index contributed by atoms with van der Waals surface area (Å²) in [6.45, 7) is 2.44. The number of carbonyl (C=O) groups excluding carboxylic acids is 2. The topological polar surface area (TPSA) is 72.7 Å². The fourth-order valence-electron chi connectivity index (χ4n) is 2.56. The first-order valence-corrected chi connectivity index (χ1v) is 8.65. The van der Waals surface area contributed by atoms with Crippen molar-refractivity contribution in [1.82, 2.24) is 9.38 Å². The minimum Gasteiger partial charge on any atom is -0.462 e. The van der Waals surface area contributed by atoms with Gasteiger partial charge in [0.25, 0.3) is 0 Å². The number of hydrogen-bond donors (Lipinski definition) is 1. The Labute approximate surface area is 151 Å². The van der Waals surface area contributed by atoms with Crippen molar-refractivity contribution in [3.63, 3.8) is 0 Å². The number of amides is 1. The van der Waals surface area contributed by atoms with Crippen molar-refractivity contribution in [1.29, 1.82) is 0 Å². The van der Waals surface area contributed by atoms with E-state index in [1.165, 1.54) is 0 Å². The quantitative estimate of drug-likeness (QED) is 0.522. The molecule has 0 aliphatic rings. The highest BCUT2D eigenvalue weighted by molar-refractivity contribution is 5.95. The fraction of sp³-hybridized carbons (Fsp3) is 0.250. The third kappa shape index (κ3) is 4.47. The van der Waals surface area contributed by atoms with Crippen LogP contribution >= 0.6 is 0 Å². The molecular weight excluding hydrogens is 330 g/mol. The number of hydrogen-bond acceptors (Lipinski definition) is 4. The van der Waals surface area contributed by atoms with Gasteiger partial charge >= 0.3 is 5.97 Å². The van der Waals surface area contributed by atoms with Crippen LogP contribution in [0.3, 0.4) is 0 Å². The maximum absolute atomic E-state index is 12.3. The molecule has 3 rings (SSSR count). The van der Waals surface area contributed by atoms with E-state index in [9.17, 15) is 9.59 Å². The van der Waals surface area contributed by atoms with Gasteiger partial charge in [-0.1, -0.05) is 25.5 Å². The number of benzene rings is 1.